The second-order valence-electron chi connectivity index (χ2n) is 7.24. The minimum Gasteiger partial charge on any atom is -0.496 e. The number of hydrogen-bond acceptors (Lipinski definition) is 4. The van der Waals surface area contributed by atoms with E-state index >= 15 is 0 Å². The first-order valence-corrected chi connectivity index (χ1v) is 10.1. The van der Waals surface area contributed by atoms with Crippen LogP contribution in [0.1, 0.15) is 17.5 Å². The van der Waals surface area contributed by atoms with E-state index in [4.69, 9.17) is 4.74 Å². The van der Waals surface area contributed by atoms with Gasteiger partial charge in [-0.3, -0.25) is 14.6 Å². The van der Waals surface area contributed by atoms with Gasteiger partial charge in [-0.1, -0.05) is 30.3 Å². The molecule has 1 amide bonds. The molecule has 0 aliphatic rings. The zero-order chi connectivity index (χ0) is 21.6. The van der Waals surface area contributed by atoms with Crippen molar-refractivity contribution in [3.05, 3.63) is 101 Å². The van der Waals surface area contributed by atoms with Gasteiger partial charge in [0.05, 0.1) is 13.7 Å². The number of carbonyl (C=O) groups excluding carboxylic acids is 1. The molecule has 0 unspecified atom stereocenters. The zero-order valence-electron chi connectivity index (χ0n) is 17.2. The number of nitrogens with one attached hydrogen (secondary N) is 1. The third-order valence-corrected chi connectivity index (χ3v) is 5.18. The van der Waals surface area contributed by atoms with Crippen molar-refractivity contribution in [1.29, 1.82) is 0 Å². The van der Waals surface area contributed by atoms with E-state index in [0.717, 1.165) is 22.3 Å². The molecule has 6 heteroatoms. The average Bonchev–Trinajstić information content (AvgIpc) is 2.81. The molecule has 4 rings (SSSR count). The van der Waals surface area contributed by atoms with Crippen LogP contribution in [0, 0.1) is 0 Å². The Morgan fingerprint density at radius 1 is 1.03 bits per heavy atom. The van der Waals surface area contributed by atoms with Crippen LogP contribution in [-0.2, 0) is 17.8 Å². The number of aryl methyl sites for hydroxylation is 1. The van der Waals surface area contributed by atoms with Crippen LogP contribution in [0.2, 0.25) is 0 Å². The van der Waals surface area contributed by atoms with E-state index in [-0.39, 0.29) is 11.5 Å². The number of nitrogens with zero attached hydrogens (tertiary/aromatic N) is 2. The van der Waals surface area contributed by atoms with E-state index in [2.05, 4.69) is 10.3 Å². The van der Waals surface area contributed by atoms with Gasteiger partial charge in [0.15, 0.2) is 0 Å². The Bertz CT molecular complexity index is 1270. The molecular formula is C25H23N3O3. The van der Waals surface area contributed by atoms with Gasteiger partial charge in [0.2, 0.25) is 5.91 Å². The van der Waals surface area contributed by atoms with Gasteiger partial charge in [-0.05, 0) is 47.9 Å². The molecule has 0 spiro atoms. The van der Waals surface area contributed by atoms with E-state index in [1.54, 1.807) is 42.4 Å². The molecule has 0 radical (unpaired) electrons. The van der Waals surface area contributed by atoms with Gasteiger partial charge in [-0.2, -0.15) is 0 Å². The van der Waals surface area contributed by atoms with Crippen molar-refractivity contribution in [2.75, 3.05) is 12.4 Å². The van der Waals surface area contributed by atoms with E-state index in [9.17, 15) is 9.59 Å². The van der Waals surface area contributed by atoms with Crippen molar-refractivity contribution in [2.45, 2.75) is 19.4 Å². The lowest BCUT2D eigenvalue weighted by Gasteiger charge is -2.12. The Morgan fingerprint density at radius 2 is 1.90 bits per heavy atom. The molecule has 2 heterocycles. The van der Waals surface area contributed by atoms with Gasteiger partial charge in [0, 0.05) is 41.5 Å². The lowest BCUT2D eigenvalue weighted by molar-refractivity contribution is -0.116. The molecule has 2 aromatic carbocycles. The molecule has 6 nitrogen and oxygen atoms in total. The Labute approximate surface area is 180 Å². The van der Waals surface area contributed by atoms with Crippen molar-refractivity contribution >= 4 is 22.4 Å². The number of methoxy groups -OCH3 is 1. The number of carbonyl (C=O) groups is 1. The number of aromatic nitrogens is 2. The van der Waals surface area contributed by atoms with Gasteiger partial charge in [-0.15, -0.1) is 0 Å². The maximum Gasteiger partial charge on any atom is 0.258 e. The number of anilines is 1. The highest BCUT2D eigenvalue weighted by atomic mass is 16.5. The van der Waals surface area contributed by atoms with Gasteiger partial charge in [-0.25, -0.2) is 0 Å². The standard InChI is InChI=1S/C25H23N3O3/c1-31-23-10-3-2-7-19(23)11-12-24(29)27-22-9-4-8-21-20(22)13-15-28(25(21)30)17-18-6-5-14-26-16-18/h2-10,13-16H,11-12,17H2,1H3,(H,27,29). The van der Waals surface area contributed by atoms with E-state index in [1.807, 2.05) is 48.5 Å². The van der Waals surface area contributed by atoms with Gasteiger partial charge in [0.25, 0.3) is 5.56 Å². The molecule has 1 N–H and O–H groups in total. The normalized spacial score (nSPS) is 10.7. The summed E-state index contributed by atoms with van der Waals surface area (Å²) >= 11 is 0. The molecule has 2 aromatic heterocycles. The summed E-state index contributed by atoms with van der Waals surface area (Å²) in [4.78, 5) is 29.6. The zero-order valence-corrected chi connectivity index (χ0v) is 17.2. The molecule has 31 heavy (non-hydrogen) atoms. The van der Waals surface area contributed by atoms with E-state index in [0.29, 0.717) is 30.5 Å². The highest BCUT2D eigenvalue weighted by Gasteiger charge is 2.11. The molecule has 0 fully saturated rings. The molecule has 156 valence electrons. The van der Waals surface area contributed by atoms with Crippen molar-refractivity contribution in [1.82, 2.24) is 9.55 Å². The molecule has 0 saturated heterocycles. The van der Waals surface area contributed by atoms with Crippen molar-refractivity contribution in [3.63, 3.8) is 0 Å². The number of ether oxygens (including phenoxy) is 1. The smallest absolute Gasteiger partial charge is 0.258 e. The maximum atomic E-state index is 13.0. The lowest BCUT2D eigenvalue weighted by atomic mass is 10.1. The Kier molecular flexibility index (Phi) is 6.08. The number of benzene rings is 2. The van der Waals surface area contributed by atoms with E-state index < -0.39 is 0 Å². The van der Waals surface area contributed by atoms with Gasteiger partial charge < -0.3 is 14.6 Å². The molecule has 0 aliphatic carbocycles. The number of amides is 1. The van der Waals surface area contributed by atoms with Gasteiger partial charge in [0.1, 0.15) is 5.75 Å². The summed E-state index contributed by atoms with van der Waals surface area (Å²) < 4.78 is 6.99. The largest absolute Gasteiger partial charge is 0.496 e. The van der Waals surface area contributed by atoms with Crippen LogP contribution < -0.4 is 15.6 Å². The first kappa shape index (κ1) is 20.3. The number of rotatable bonds is 7. The van der Waals surface area contributed by atoms with Crippen LogP contribution in [0.25, 0.3) is 10.8 Å². The summed E-state index contributed by atoms with van der Waals surface area (Å²) in [5, 5.41) is 4.24. The fourth-order valence-corrected chi connectivity index (χ4v) is 3.61. The monoisotopic (exact) mass is 413 g/mol. The average molecular weight is 413 g/mol. The van der Waals surface area contributed by atoms with Crippen LogP contribution in [-0.4, -0.2) is 22.6 Å². The minimum absolute atomic E-state index is 0.105. The first-order valence-electron chi connectivity index (χ1n) is 10.1. The molecular weight excluding hydrogens is 390 g/mol. The second-order valence-corrected chi connectivity index (χ2v) is 7.24. The number of hydrogen-bond donors (Lipinski definition) is 1. The number of fused-ring (bicyclic) bond motifs is 1. The van der Waals surface area contributed by atoms with E-state index in [1.165, 1.54) is 0 Å². The third kappa shape index (κ3) is 4.64. The predicted octanol–water partition coefficient (Wildman–Crippen LogP) is 4.02. The Morgan fingerprint density at radius 3 is 2.71 bits per heavy atom. The van der Waals surface area contributed by atoms with Crippen molar-refractivity contribution in [2.24, 2.45) is 0 Å². The summed E-state index contributed by atoms with van der Waals surface area (Å²) in [5.74, 6) is 0.660. The highest BCUT2D eigenvalue weighted by molar-refractivity contribution is 6.01. The molecule has 4 aromatic rings. The Balaban J connectivity index is 1.52. The second kappa shape index (κ2) is 9.26. The summed E-state index contributed by atoms with van der Waals surface area (Å²) in [6.45, 7) is 0.443. The highest BCUT2D eigenvalue weighted by Crippen LogP contribution is 2.22. The quantitative estimate of drug-likeness (QED) is 0.497. The first-order chi connectivity index (χ1) is 15.2. The van der Waals surface area contributed by atoms with Crippen LogP contribution in [0.5, 0.6) is 5.75 Å². The summed E-state index contributed by atoms with van der Waals surface area (Å²) in [6.07, 6.45) is 6.08. The third-order valence-electron chi connectivity index (χ3n) is 5.18. The molecule has 0 aliphatic heterocycles. The van der Waals surface area contributed by atoms with Crippen LogP contribution in [0.15, 0.2) is 84.0 Å². The Hall–Kier alpha value is -3.93. The maximum absolute atomic E-state index is 13.0. The number of pyridine rings is 2. The van der Waals surface area contributed by atoms with Crippen LogP contribution >= 0.6 is 0 Å². The SMILES string of the molecule is COc1ccccc1CCC(=O)Nc1cccc2c(=O)n(Cc3cccnc3)ccc12. The summed E-state index contributed by atoms with van der Waals surface area (Å²) in [5.41, 5.74) is 2.46. The summed E-state index contributed by atoms with van der Waals surface area (Å²) in [7, 11) is 1.62. The van der Waals surface area contributed by atoms with Crippen molar-refractivity contribution in [3.8, 4) is 5.75 Å². The molecule has 0 atom stereocenters. The minimum atomic E-state index is -0.113. The fraction of sp³-hybridized carbons (Fsp3) is 0.160. The number of para-hydroxylation sites is 1. The topological polar surface area (TPSA) is 73.2 Å². The van der Waals surface area contributed by atoms with Crippen molar-refractivity contribution < 1.29 is 9.53 Å². The van der Waals surface area contributed by atoms with Crippen LogP contribution in [0.3, 0.4) is 0 Å². The lowest BCUT2D eigenvalue weighted by Crippen LogP contribution is -2.21. The molecule has 0 bridgehead atoms. The van der Waals surface area contributed by atoms with Gasteiger partial charge >= 0.3 is 0 Å². The predicted molar refractivity (Wildman–Crippen MR) is 121 cm³/mol. The van der Waals surface area contributed by atoms with Crippen LogP contribution in [0.4, 0.5) is 5.69 Å². The fourth-order valence-electron chi connectivity index (χ4n) is 3.61. The molecule has 0 saturated carbocycles. The summed E-state index contributed by atoms with van der Waals surface area (Å²) in [6, 6.07) is 18.7.